The van der Waals surface area contributed by atoms with Crippen LogP contribution in [-0.2, 0) is 0 Å². The summed E-state index contributed by atoms with van der Waals surface area (Å²) < 4.78 is 0. The van der Waals surface area contributed by atoms with Crippen molar-refractivity contribution >= 4 is 28.2 Å². The standard InChI is InChI=1S/C14H18ClN3/c1-11(2)18(9-5-8-15)14-10-16-17-13-7-4-3-6-12(13)14/h3-4,6-7,10-11H,5,8-9H2,1-2H3. The Morgan fingerprint density at radius 3 is 2.78 bits per heavy atom. The van der Waals surface area contributed by atoms with E-state index in [9.17, 15) is 0 Å². The summed E-state index contributed by atoms with van der Waals surface area (Å²) in [5, 5.41) is 9.41. The minimum absolute atomic E-state index is 0.417. The molecule has 1 heterocycles. The fourth-order valence-corrected chi connectivity index (χ4v) is 2.23. The molecule has 0 fully saturated rings. The van der Waals surface area contributed by atoms with Crippen LogP contribution < -0.4 is 4.90 Å². The molecule has 3 nitrogen and oxygen atoms in total. The molecule has 0 atom stereocenters. The second kappa shape index (κ2) is 6.01. The number of anilines is 1. The summed E-state index contributed by atoms with van der Waals surface area (Å²) in [6.07, 6.45) is 2.81. The molecule has 0 aliphatic heterocycles. The zero-order chi connectivity index (χ0) is 13.0. The van der Waals surface area contributed by atoms with E-state index < -0.39 is 0 Å². The molecule has 0 bridgehead atoms. The van der Waals surface area contributed by atoms with Crippen molar-refractivity contribution < 1.29 is 0 Å². The Balaban J connectivity index is 2.43. The highest BCUT2D eigenvalue weighted by atomic mass is 35.5. The topological polar surface area (TPSA) is 29.0 Å². The maximum absolute atomic E-state index is 5.80. The number of nitrogens with zero attached hydrogens (tertiary/aromatic N) is 3. The summed E-state index contributed by atoms with van der Waals surface area (Å²) in [7, 11) is 0. The molecule has 0 aliphatic rings. The Bertz CT molecular complexity index is 508. The molecule has 2 rings (SSSR count). The van der Waals surface area contributed by atoms with Crippen LogP contribution in [0.3, 0.4) is 0 Å². The highest BCUT2D eigenvalue weighted by Crippen LogP contribution is 2.25. The van der Waals surface area contributed by atoms with Crippen LogP contribution in [0.5, 0.6) is 0 Å². The van der Waals surface area contributed by atoms with Gasteiger partial charge < -0.3 is 4.90 Å². The van der Waals surface area contributed by atoms with E-state index in [4.69, 9.17) is 11.6 Å². The molecule has 96 valence electrons. The number of hydrogen-bond acceptors (Lipinski definition) is 3. The number of benzene rings is 1. The van der Waals surface area contributed by atoms with Crippen LogP contribution in [0, 0.1) is 0 Å². The van der Waals surface area contributed by atoms with Gasteiger partial charge in [-0.05, 0) is 26.3 Å². The molecule has 18 heavy (non-hydrogen) atoms. The van der Waals surface area contributed by atoms with E-state index in [1.165, 1.54) is 0 Å². The summed E-state index contributed by atoms with van der Waals surface area (Å²) in [6.45, 7) is 5.31. The summed E-state index contributed by atoms with van der Waals surface area (Å²) in [4.78, 5) is 2.33. The van der Waals surface area contributed by atoms with Gasteiger partial charge in [-0.15, -0.1) is 11.6 Å². The van der Waals surface area contributed by atoms with Crippen molar-refractivity contribution in [3.8, 4) is 0 Å². The van der Waals surface area contributed by atoms with Crippen LogP contribution >= 0.6 is 11.6 Å². The summed E-state index contributed by atoms with van der Waals surface area (Å²) in [5.74, 6) is 0.680. The van der Waals surface area contributed by atoms with E-state index in [0.29, 0.717) is 11.9 Å². The molecule has 1 aromatic carbocycles. The molecule has 1 aromatic heterocycles. The zero-order valence-electron chi connectivity index (χ0n) is 10.8. The number of aromatic nitrogens is 2. The highest BCUT2D eigenvalue weighted by Gasteiger charge is 2.13. The van der Waals surface area contributed by atoms with E-state index in [2.05, 4.69) is 35.0 Å². The van der Waals surface area contributed by atoms with Crippen molar-refractivity contribution in [2.75, 3.05) is 17.3 Å². The predicted octanol–water partition coefficient (Wildman–Crippen LogP) is 3.47. The number of halogens is 1. The molecule has 0 amide bonds. The van der Waals surface area contributed by atoms with Gasteiger partial charge in [0.2, 0.25) is 0 Å². The molecule has 4 heteroatoms. The van der Waals surface area contributed by atoms with Crippen molar-refractivity contribution in [3.05, 3.63) is 30.5 Å². The first-order valence-corrected chi connectivity index (χ1v) is 6.80. The van der Waals surface area contributed by atoms with Crippen LogP contribution in [0.2, 0.25) is 0 Å². The van der Waals surface area contributed by atoms with Gasteiger partial charge >= 0.3 is 0 Å². The quantitative estimate of drug-likeness (QED) is 0.774. The third-order valence-corrected chi connectivity index (χ3v) is 3.26. The average Bonchev–Trinajstić information content (AvgIpc) is 2.39. The minimum atomic E-state index is 0.417. The monoisotopic (exact) mass is 263 g/mol. The normalized spacial score (nSPS) is 11.1. The predicted molar refractivity (Wildman–Crippen MR) is 77.4 cm³/mol. The highest BCUT2D eigenvalue weighted by molar-refractivity contribution is 6.17. The lowest BCUT2D eigenvalue weighted by Gasteiger charge is -2.29. The Morgan fingerprint density at radius 2 is 2.06 bits per heavy atom. The second-order valence-electron chi connectivity index (χ2n) is 4.58. The molecule has 0 saturated heterocycles. The van der Waals surface area contributed by atoms with Gasteiger partial charge in [-0.3, -0.25) is 0 Å². The zero-order valence-corrected chi connectivity index (χ0v) is 11.6. The van der Waals surface area contributed by atoms with Crippen LogP contribution in [-0.4, -0.2) is 28.7 Å². The first-order chi connectivity index (χ1) is 8.74. The molecule has 0 aliphatic carbocycles. The maximum Gasteiger partial charge on any atom is 0.0950 e. The Labute approximate surface area is 113 Å². The third-order valence-electron chi connectivity index (χ3n) is 2.99. The van der Waals surface area contributed by atoms with Crippen LogP contribution in [0.15, 0.2) is 30.5 Å². The first-order valence-electron chi connectivity index (χ1n) is 6.27. The SMILES string of the molecule is CC(C)N(CCCCl)c1cnnc2ccccc12. The van der Waals surface area contributed by atoms with E-state index in [-0.39, 0.29) is 0 Å². The van der Waals surface area contributed by atoms with Gasteiger partial charge in [0, 0.05) is 23.9 Å². The number of alkyl halides is 1. The molecule has 0 N–H and O–H groups in total. The van der Waals surface area contributed by atoms with Gasteiger partial charge in [-0.1, -0.05) is 18.2 Å². The van der Waals surface area contributed by atoms with Gasteiger partial charge in [-0.2, -0.15) is 10.2 Å². The van der Waals surface area contributed by atoms with E-state index in [1.54, 1.807) is 0 Å². The third kappa shape index (κ3) is 2.72. The molecule has 0 saturated carbocycles. The smallest absolute Gasteiger partial charge is 0.0950 e. The van der Waals surface area contributed by atoms with Crippen molar-refractivity contribution in [1.82, 2.24) is 10.2 Å². The first kappa shape index (κ1) is 13.1. The van der Waals surface area contributed by atoms with Gasteiger partial charge in [0.05, 0.1) is 17.4 Å². The lowest BCUT2D eigenvalue weighted by Crippen LogP contribution is -2.32. The van der Waals surface area contributed by atoms with Crippen LogP contribution in [0.25, 0.3) is 10.9 Å². The molecule has 0 radical (unpaired) electrons. The van der Waals surface area contributed by atoms with Crippen molar-refractivity contribution in [2.24, 2.45) is 0 Å². The van der Waals surface area contributed by atoms with Gasteiger partial charge in [0.15, 0.2) is 0 Å². The lowest BCUT2D eigenvalue weighted by molar-refractivity contribution is 0.673. The van der Waals surface area contributed by atoms with Gasteiger partial charge in [0.25, 0.3) is 0 Å². The fourth-order valence-electron chi connectivity index (χ4n) is 2.11. The van der Waals surface area contributed by atoms with Crippen molar-refractivity contribution in [1.29, 1.82) is 0 Å². The molecule has 0 unspecified atom stereocenters. The van der Waals surface area contributed by atoms with Crippen LogP contribution in [0.1, 0.15) is 20.3 Å². The van der Waals surface area contributed by atoms with Gasteiger partial charge in [0.1, 0.15) is 0 Å². The van der Waals surface area contributed by atoms with Crippen molar-refractivity contribution in [2.45, 2.75) is 26.3 Å². The summed E-state index contributed by atoms with van der Waals surface area (Å²) >= 11 is 5.80. The largest absolute Gasteiger partial charge is 0.367 e. The van der Waals surface area contributed by atoms with E-state index >= 15 is 0 Å². The molecule has 2 aromatic rings. The Hall–Kier alpha value is -1.35. The van der Waals surface area contributed by atoms with Crippen molar-refractivity contribution in [3.63, 3.8) is 0 Å². The molecule has 0 spiro atoms. The lowest BCUT2D eigenvalue weighted by atomic mass is 10.1. The molecular weight excluding hydrogens is 246 g/mol. The van der Waals surface area contributed by atoms with Gasteiger partial charge in [-0.25, -0.2) is 0 Å². The summed E-state index contributed by atoms with van der Waals surface area (Å²) in [6, 6.07) is 8.52. The Morgan fingerprint density at radius 1 is 1.28 bits per heavy atom. The number of rotatable bonds is 5. The Kier molecular flexibility index (Phi) is 4.37. The van der Waals surface area contributed by atoms with E-state index in [1.807, 2.05) is 24.4 Å². The number of hydrogen-bond donors (Lipinski definition) is 0. The average molecular weight is 264 g/mol. The van der Waals surface area contributed by atoms with Crippen LogP contribution in [0.4, 0.5) is 5.69 Å². The fraction of sp³-hybridized carbons (Fsp3) is 0.429. The number of fused-ring (bicyclic) bond motifs is 1. The summed E-state index contributed by atoms with van der Waals surface area (Å²) in [5.41, 5.74) is 2.08. The minimum Gasteiger partial charge on any atom is -0.367 e. The molecular formula is C14H18ClN3. The van der Waals surface area contributed by atoms with E-state index in [0.717, 1.165) is 29.6 Å². The second-order valence-corrected chi connectivity index (χ2v) is 4.95. The maximum atomic E-state index is 5.80.